The van der Waals surface area contributed by atoms with E-state index in [4.69, 9.17) is 0 Å². The van der Waals surface area contributed by atoms with Crippen molar-refractivity contribution in [1.82, 2.24) is 14.9 Å². The van der Waals surface area contributed by atoms with Gasteiger partial charge in [-0.3, -0.25) is 0 Å². The minimum atomic E-state index is 0.788. The van der Waals surface area contributed by atoms with E-state index in [2.05, 4.69) is 48.1 Å². The van der Waals surface area contributed by atoms with Gasteiger partial charge in [0.15, 0.2) is 0 Å². The van der Waals surface area contributed by atoms with Gasteiger partial charge in [0.25, 0.3) is 0 Å². The number of hydrogen-bond donors (Lipinski definition) is 1. The maximum atomic E-state index is 4.59. The second-order valence-electron chi connectivity index (χ2n) is 5.58. The summed E-state index contributed by atoms with van der Waals surface area (Å²) < 4.78 is 1.06. The highest BCUT2D eigenvalue weighted by molar-refractivity contribution is 9.10. The molecule has 0 spiro atoms. The third-order valence-electron chi connectivity index (χ3n) is 3.77. The molecule has 2 aromatic rings. The maximum Gasteiger partial charge on any atom is 0.136 e. The topological polar surface area (TPSA) is 44.3 Å². The van der Waals surface area contributed by atoms with E-state index in [1.165, 1.54) is 0 Å². The van der Waals surface area contributed by atoms with Crippen LogP contribution < -0.4 is 10.2 Å². The van der Waals surface area contributed by atoms with E-state index >= 15 is 0 Å². The monoisotopic (exact) mass is 361 g/mol. The van der Waals surface area contributed by atoms with Gasteiger partial charge in [-0.1, -0.05) is 15.9 Å². The molecular formula is C16H20BrN5. The molecule has 1 N–H and O–H groups in total. The molecule has 0 amide bonds. The number of nitrogens with zero attached hydrogens (tertiary/aromatic N) is 4. The third kappa shape index (κ3) is 3.75. The second-order valence-corrected chi connectivity index (χ2v) is 6.50. The zero-order valence-electron chi connectivity index (χ0n) is 12.9. The van der Waals surface area contributed by atoms with Crippen LogP contribution in [-0.4, -0.2) is 48.1 Å². The maximum absolute atomic E-state index is 4.59. The number of hydrogen-bond acceptors (Lipinski definition) is 5. The van der Waals surface area contributed by atoms with Gasteiger partial charge in [0.1, 0.15) is 17.5 Å². The smallest absolute Gasteiger partial charge is 0.136 e. The van der Waals surface area contributed by atoms with Crippen LogP contribution in [0.2, 0.25) is 0 Å². The quantitative estimate of drug-likeness (QED) is 0.909. The Bertz CT molecular complexity index is 635. The number of aromatic nitrogens is 2. The molecule has 1 saturated heterocycles. The first-order valence-corrected chi connectivity index (χ1v) is 8.21. The van der Waals surface area contributed by atoms with Crippen LogP contribution in [-0.2, 0) is 0 Å². The molecule has 22 heavy (non-hydrogen) atoms. The van der Waals surface area contributed by atoms with Gasteiger partial charge in [-0.15, -0.1) is 0 Å². The summed E-state index contributed by atoms with van der Waals surface area (Å²) >= 11 is 3.45. The van der Waals surface area contributed by atoms with Crippen molar-refractivity contribution in [1.29, 1.82) is 0 Å². The number of likely N-dealkylation sites (N-methyl/N-ethyl adjacent to an activating group) is 1. The molecule has 0 aliphatic carbocycles. The number of aryl methyl sites for hydroxylation is 1. The van der Waals surface area contributed by atoms with Gasteiger partial charge in [-0.25, -0.2) is 9.97 Å². The molecule has 2 heterocycles. The van der Waals surface area contributed by atoms with Gasteiger partial charge in [0, 0.05) is 42.4 Å². The summed E-state index contributed by atoms with van der Waals surface area (Å²) in [6.45, 7) is 6.08. The molecule has 0 unspecified atom stereocenters. The fourth-order valence-electron chi connectivity index (χ4n) is 2.49. The molecule has 0 bridgehead atoms. The summed E-state index contributed by atoms with van der Waals surface area (Å²) in [5.41, 5.74) is 1.02. The summed E-state index contributed by atoms with van der Waals surface area (Å²) in [5.74, 6) is 2.63. The van der Waals surface area contributed by atoms with Crippen molar-refractivity contribution >= 4 is 33.3 Å². The highest BCUT2D eigenvalue weighted by Gasteiger charge is 2.16. The van der Waals surface area contributed by atoms with Crippen LogP contribution in [0.1, 0.15) is 5.82 Å². The molecule has 1 aromatic carbocycles. The number of anilines is 3. The molecule has 0 radical (unpaired) electrons. The number of rotatable bonds is 3. The number of benzene rings is 1. The lowest BCUT2D eigenvalue weighted by Crippen LogP contribution is -2.44. The van der Waals surface area contributed by atoms with Crippen LogP contribution in [0.5, 0.6) is 0 Å². The lowest BCUT2D eigenvalue weighted by molar-refractivity contribution is 0.312. The van der Waals surface area contributed by atoms with Crippen molar-refractivity contribution in [2.75, 3.05) is 43.4 Å². The first-order valence-electron chi connectivity index (χ1n) is 7.42. The zero-order valence-corrected chi connectivity index (χ0v) is 14.5. The molecule has 1 aliphatic heterocycles. The molecule has 1 aromatic heterocycles. The van der Waals surface area contributed by atoms with Crippen LogP contribution >= 0.6 is 15.9 Å². The molecule has 116 valence electrons. The standard InChI is InChI=1S/C16H20BrN5/c1-12-18-15(20-14-5-3-13(17)4-6-14)11-16(19-12)22-9-7-21(2)8-10-22/h3-6,11H,7-10H2,1-2H3,(H,18,19,20). The van der Waals surface area contributed by atoms with Crippen LogP contribution in [0.15, 0.2) is 34.8 Å². The van der Waals surface area contributed by atoms with E-state index in [-0.39, 0.29) is 0 Å². The number of nitrogens with one attached hydrogen (secondary N) is 1. The van der Waals surface area contributed by atoms with Gasteiger partial charge >= 0.3 is 0 Å². The minimum absolute atomic E-state index is 0.788. The first kappa shape index (κ1) is 15.2. The average Bonchev–Trinajstić information content (AvgIpc) is 2.50. The van der Waals surface area contributed by atoms with E-state index in [1.54, 1.807) is 0 Å². The molecular weight excluding hydrogens is 342 g/mol. The predicted molar refractivity (Wildman–Crippen MR) is 93.9 cm³/mol. The Morgan fingerprint density at radius 3 is 2.41 bits per heavy atom. The Balaban J connectivity index is 1.79. The third-order valence-corrected chi connectivity index (χ3v) is 4.30. The van der Waals surface area contributed by atoms with Crippen LogP contribution in [0.4, 0.5) is 17.3 Å². The minimum Gasteiger partial charge on any atom is -0.354 e. The fourth-order valence-corrected chi connectivity index (χ4v) is 2.76. The summed E-state index contributed by atoms with van der Waals surface area (Å²) in [6.07, 6.45) is 0. The van der Waals surface area contributed by atoms with Crippen molar-refractivity contribution < 1.29 is 0 Å². The summed E-state index contributed by atoms with van der Waals surface area (Å²) in [4.78, 5) is 13.7. The van der Waals surface area contributed by atoms with Crippen LogP contribution in [0, 0.1) is 6.92 Å². The molecule has 0 atom stereocenters. The molecule has 0 saturated carbocycles. The molecule has 1 aliphatic rings. The Morgan fingerprint density at radius 1 is 1.05 bits per heavy atom. The molecule has 6 heteroatoms. The van der Waals surface area contributed by atoms with Crippen molar-refractivity contribution in [2.45, 2.75) is 6.92 Å². The molecule has 5 nitrogen and oxygen atoms in total. The van der Waals surface area contributed by atoms with E-state index in [1.807, 2.05) is 37.3 Å². The van der Waals surface area contributed by atoms with Gasteiger partial charge in [-0.2, -0.15) is 0 Å². The number of halogens is 1. The Kier molecular flexibility index (Phi) is 4.59. The summed E-state index contributed by atoms with van der Waals surface area (Å²) in [5, 5.41) is 3.35. The van der Waals surface area contributed by atoms with Crippen molar-refractivity contribution in [3.63, 3.8) is 0 Å². The van der Waals surface area contributed by atoms with Gasteiger partial charge in [-0.05, 0) is 38.2 Å². The molecule has 1 fully saturated rings. The fraction of sp³-hybridized carbons (Fsp3) is 0.375. The Hall–Kier alpha value is -1.66. The van der Waals surface area contributed by atoms with Gasteiger partial charge < -0.3 is 15.1 Å². The number of piperazine rings is 1. The summed E-state index contributed by atoms with van der Waals surface area (Å²) in [6, 6.07) is 10.1. The Morgan fingerprint density at radius 2 is 1.73 bits per heavy atom. The lowest BCUT2D eigenvalue weighted by atomic mass is 10.3. The van der Waals surface area contributed by atoms with E-state index in [0.29, 0.717) is 0 Å². The van der Waals surface area contributed by atoms with Crippen LogP contribution in [0.3, 0.4) is 0 Å². The van der Waals surface area contributed by atoms with E-state index in [9.17, 15) is 0 Å². The van der Waals surface area contributed by atoms with Crippen molar-refractivity contribution in [2.24, 2.45) is 0 Å². The van der Waals surface area contributed by atoms with E-state index < -0.39 is 0 Å². The Labute approximate surface area is 139 Å². The average molecular weight is 362 g/mol. The lowest BCUT2D eigenvalue weighted by Gasteiger charge is -2.33. The van der Waals surface area contributed by atoms with E-state index in [0.717, 1.165) is 53.8 Å². The van der Waals surface area contributed by atoms with Crippen LogP contribution in [0.25, 0.3) is 0 Å². The summed E-state index contributed by atoms with van der Waals surface area (Å²) in [7, 11) is 2.16. The zero-order chi connectivity index (χ0) is 15.5. The predicted octanol–water partition coefficient (Wildman–Crippen LogP) is 3.04. The second kappa shape index (κ2) is 6.62. The highest BCUT2D eigenvalue weighted by atomic mass is 79.9. The largest absolute Gasteiger partial charge is 0.354 e. The first-order chi connectivity index (χ1) is 10.6. The molecule has 3 rings (SSSR count). The normalized spacial score (nSPS) is 15.9. The van der Waals surface area contributed by atoms with Crippen molar-refractivity contribution in [3.05, 3.63) is 40.6 Å². The van der Waals surface area contributed by atoms with Gasteiger partial charge in [0.2, 0.25) is 0 Å². The SMILES string of the molecule is Cc1nc(Nc2ccc(Br)cc2)cc(N2CCN(C)CC2)n1. The highest BCUT2D eigenvalue weighted by Crippen LogP contribution is 2.22. The van der Waals surface area contributed by atoms with Crippen molar-refractivity contribution in [3.8, 4) is 0 Å². The van der Waals surface area contributed by atoms with Gasteiger partial charge in [0.05, 0.1) is 0 Å².